The van der Waals surface area contributed by atoms with Crippen molar-refractivity contribution < 1.29 is 9.21 Å². The van der Waals surface area contributed by atoms with E-state index in [9.17, 15) is 4.79 Å². The average Bonchev–Trinajstić information content (AvgIpc) is 2.91. The van der Waals surface area contributed by atoms with Crippen LogP contribution in [0.5, 0.6) is 0 Å². The first kappa shape index (κ1) is 16.0. The molecule has 1 N–H and O–H groups in total. The largest absolute Gasteiger partial charge is 0.468 e. The van der Waals surface area contributed by atoms with Gasteiger partial charge in [-0.15, -0.1) is 0 Å². The van der Waals surface area contributed by atoms with E-state index in [-0.39, 0.29) is 11.4 Å². The number of nitrogens with one attached hydrogen (secondary N) is 1. The average molecular weight is 293 g/mol. The number of amides is 1. The van der Waals surface area contributed by atoms with Gasteiger partial charge < -0.3 is 14.6 Å². The minimum Gasteiger partial charge on any atom is -0.468 e. The molecule has 0 bridgehead atoms. The van der Waals surface area contributed by atoms with E-state index in [4.69, 9.17) is 4.42 Å². The number of hydrogen-bond donors (Lipinski definition) is 1. The Hall–Kier alpha value is -1.33. The van der Waals surface area contributed by atoms with Crippen LogP contribution in [0.4, 0.5) is 0 Å². The summed E-state index contributed by atoms with van der Waals surface area (Å²) in [6, 6.07) is 3.91. The quantitative estimate of drug-likeness (QED) is 0.898. The van der Waals surface area contributed by atoms with E-state index in [0.717, 1.165) is 45.0 Å². The summed E-state index contributed by atoms with van der Waals surface area (Å²) in [5, 5.41) is 3.36. The second-order valence-corrected chi connectivity index (χ2v) is 6.66. The van der Waals surface area contributed by atoms with Crippen molar-refractivity contribution in [3.05, 3.63) is 24.2 Å². The minimum atomic E-state index is 0.0714. The van der Waals surface area contributed by atoms with E-state index in [1.165, 1.54) is 0 Å². The van der Waals surface area contributed by atoms with Crippen molar-refractivity contribution in [2.24, 2.45) is 0 Å². The van der Waals surface area contributed by atoms with Gasteiger partial charge in [0.25, 0.3) is 0 Å². The molecule has 1 aromatic heterocycles. The highest BCUT2D eigenvalue weighted by Crippen LogP contribution is 2.10. The fourth-order valence-corrected chi connectivity index (χ4v) is 2.48. The van der Waals surface area contributed by atoms with Crippen LogP contribution in [0, 0.1) is 0 Å². The standard InChI is InChI=1S/C16H27N3O2/c1-16(2,3)17-7-6-15(20)19-10-8-18(9-11-19)13-14-5-4-12-21-14/h4-5,12,17H,6-11,13H2,1-3H3. The zero-order valence-corrected chi connectivity index (χ0v) is 13.4. The Labute approximate surface area is 127 Å². The summed E-state index contributed by atoms with van der Waals surface area (Å²) in [6.07, 6.45) is 2.28. The van der Waals surface area contributed by atoms with Crippen LogP contribution >= 0.6 is 0 Å². The van der Waals surface area contributed by atoms with E-state index < -0.39 is 0 Å². The topological polar surface area (TPSA) is 48.7 Å². The smallest absolute Gasteiger partial charge is 0.223 e. The molecule has 1 saturated heterocycles. The van der Waals surface area contributed by atoms with Crippen molar-refractivity contribution in [3.63, 3.8) is 0 Å². The maximum absolute atomic E-state index is 12.2. The molecule has 0 atom stereocenters. The van der Waals surface area contributed by atoms with E-state index in [0.29, 0.717) is 6.42 Å². The second kappa shape index (κ2) is 7.09. The van der Waals surface area contributed by atoms with Gasteiger partial charge in [0.15, 0.2) is 0 Å². The number of rotatable bonds is 5. The zero-order chi connectivity index (χ0) is 15.3. The van der Waals surface area contributed by atoms with Gasteiger partial charge in [-0.3, -0.25) is 9.69 Å². The SMILES string of the molecule is CC(C)(C)NCCC(=O)N1CCN(Cc2ccco2)CC1. The fourth-order valence-electron chi connectivity index (χ4n) is 2.48. The third kappa shape index (κ3) is 5.52. The van der Waals surface area contributed by atoms with Crippen molar-refractivity contribution in [2.75, 3.05) is 32.7 Å². The molecule has 0 aliphatic carbocycles. The lowest BCUT2D eigenvalue weighted by molar-refractivity contribution is -0.133. The molecule has 5 nitrogen and oxygen atoms in total. The van der Waals surface area contributed by atoms with Crippen molar-refractivity contribution in [1.29, 1.82) is 0 Å². The highest BCUT2D eigenvalue weighted by molar-refractivity contribution is 5.76. The monoisotopic (exact) mass is 293 g/mol. The van der Waals surface area contributed by atoms with E-state index in [1.807, 2.05) is 17.0 Å². The van der Waals surface area contributed by atoms with Crippen LogP contribution in [0.1, 0.15) is 33.0 Å². The highest BCUT2D eigenvalue weighted by Gasteiger charge is 2.21. The first-order chi connectivity index (χ1) is 9.94. The van der Waals surface area contributed by atoms with Gasteiger partial charge in [-0.2, -0.15) is 0 Å². The highest BCUT2D eigenvalue weighted by atomic mass is 16.3. The van der Waals surface area contributed by atoms with Gasteiger partial charge in [0, 0.05) is 44.7 Å². The van der Waals surface area contributed by atoms with Crippen LogP contribution in [0.2, 0.25) is 0 Å². The maximum atomic E-state index is 12.2. The fraction of sp³-hybridized carbons (Fsp3) is 0.688. The first-order valence-electron chi connectivity index (χ1n) is 7.71. The summed E-state index contributed by atoms with van der Waals surface area (Å²) < 4.78 is 5.37. The van der Waals surface area contributed by atoms with Crippen LogP contribution in [0.15, 0.2) is 22.8 Å². The molecule has 118 valence electrons. The Bertz CT molecular complexity index is 429. The van der Waals surface area contributed by atoms with Gasteiger partial charge in [0.05, 0.1) is 12.8 Å². The third-order valence-electron chi connectivity index (χ3n) is 3.68. The van der Waals surface area contributed by atoms with Gasteiger partial charge >= 0.3 is 0 Å². The van der Waals surface area contributed by atoms with Crippen molar-refractivity contribution in [2.45, 2.75) is 39.3 Å². The van der Waals surface area contributed by atoms with Crippen LogP contribution in [0.3, 0.4) is 0 Å². The number of piperazine rings is 1. The number of furan rings is 1. The summed E-state index contributed by atoms with van der Waals surface area (Å²) in [4.78, 5) is 16.5. The maximum Gasteiger partial charge on any atom is 0.223 e. The van der Waals surface area contributed by atoms with Gasteiger partial charge in [-0.1, -0.05) is 0 Å². The summed E-state index contributed by atoms with van der Waals surface area (Å²) in [5.74, 6) is 1.24. The Morgan fingerprint density at radius 1 is 1.29 bits per heavy atom. The van der Waals surface area contributed by atoms with Crippen molar-refractivity contribution >= 4 is 5.91 Å². The number of hydrogen-bond acceptors (Lipinski definition) is 4. The molecule has 2 rings (SSSR count). The minimum absolute atomic E-state index is 0.0714. The van der Waals surface area contributed by atoms with E-state index in [1.54, 1.807) is 6.26 Å². The second-order valence-electron chi connectivity index (χ2n) is 6.66. The molecule has 2 heterocycles. The lowest BCUT2D eigenvalue weighted by Crippen LogP contribution is -2.49. The van der Waals surface area contributed by atoms with E-state index >= 15 is 0 Å². The molecule has 5 heteroatoms. The van der Waals surface area contributed by atoms with E-state index in [2.05, 4.69) is 31.0 Å². The van der Waals surface area contributed by atoms with Crippen LogP contribution < -0.4 is 5.32 Å². The predicted octanol–water partition coefficient (Wildman–Crippen LogP) is 1.70. The molecule has 1 aliphatic heterocycles. The molecule has 0 saturated carbocycles. The molecule has 1 aromatic rings. The lowest BCUT2D eigenvalue weighted by Gasteiger charge is -2.34. The van der Waals surface area contributed by atoms with Crippen molar-refractivity contribution in [3.8, 4) is 0 Å². The summed E-state index contributed by atoms with van der Waals surface area (Å²) in [5.41, 5.74) is 0.0714. The Balaban J connectivity index is 1.67. The first-order valence-corrected chi connectivity index (χ1v) is 7.71. The number of carbonyl (C=O) groups is 1. The molecular weight excluding hydrogens is 266 g/mol. The van der Waals surface area contributed by atoms with Gasteiger partial charge in [-0.05, 0) is 32.9 Å². The molecule has 1 fully saturated rings. The molecular formula is C16H27N3O2. The number of carbonyl (C=O) groups excluding carboxylic acids is 1. The molecule has 0 aromatic carbocycles. The van der Waals surface area contributed by atoms with Gasteiger partial charge in [0.2, 0.25) is 5.91 Å². The van der Waals surface area contributed by atoms with Gasteiger partial charge in [0.1, 0.15) is 5.76 Å². The molecule has 0 radical (unpaired) electrons. The Kier molecular flexibility index (Phi) is 5.42. The molecule has 1 aliphatic rings. The van der Waals surface area contributed by atoms with Crippen LogP contribution in [-0.4, -0.2) is 54.0 Å². The molecule has 1 amide bonds. The lowest BCUT2D eigenvalue weighted by atomic mass is 10.1. The van der Waals surface area contributed by atoms with Crippen LogP contribution in [0.25, 0.3) is 0 Å². The van der Waals surface area contributed by atoms with Gasteiger partial charge in [-0.25, -0.2) is 0 Å². The zero-order valence-electron chi connectivity index (χ0n) is 13.4. The Morgan fingerprint density at radius 2 is 2.00 bits per heavy atom. The summed E-state index contributed by atoms with van der Waals surface area (Å²) >= 11 is 0. The normalized spacial score (nSPS) is 17.2. The van der Waals surface area contributed by atoms with Crippen molar-refractivity contribution in [1.82, 2.24) is 15.1 Å². The Morgan fingerprint density at radius 3 is 2.57 bits per heavy atom. The molecule has 21 heavy (non-hydrogen) atoms. The third-order valence-corrected chi connectivity index (χ3v) is 3.68. The predicted molar refractivity (Wildman–Crippen MR) is 82.9 cm³/mol. The summed E-state index contributed by atoms with van der Waals surface area (Å²) in [7, 11) is 0. The summed E-state index contributed by atoms with van der Waals surface area (Å²) in [6.45, 7) is 11.4. The number of nitrogens with zero attached hydrogens (tertiary/aromatic N) is 2. The van der Waals surface area contributed by atoms with Crippen LogP contribution in [-0.2, 0) is 11.3 Å². The molecule has 0 unspecified atom stereocenters. The molecule has 0 spiro atoms.